The second-order valence-corrected chi connectivity index (χ2v) is 6.96. The predicted octanol–water partition coefficient (Wildman–Crippen LogP) is 3.23. The third kappa shape index (κ3) is 3.10. The summed E-state index contributed by atoms with van der Waals surface area (Å²) in [6.45, 7) is 4.62. The van der Waals surface area contributed by atoms with Gasteiger partial charge in [0.25, 0.3) is 0 Å². The van der Waals surface area contributed by atoms with Crippen LogP contribution in [0.4, 0.5) is 0 Å². The molecule has 1 aromatic heterocycles. The standard InChI is InChI=1S/C26H20N.BrH/c1-2-16-27-17-14-19(15-18-27)6-7-20-8-9-23-11-10-21-4-3-5-22-12-13-24(20)26(23)25(21)22;/h2-15,17-18H,1,16H2;1H/q+1;/p-1/b7-6+;. The number of hydrogen-bond acceptors (Lipinski definition) is 0. The molecule has 0 saturated heterocycles. The third-order valence-electron chi connectivity index (χ3n) is 5.27. The van der Waals surface area contributed by atoms with Crippen molar-refractivity contribution in [3.05, 3.63) is 103 Å². The van der Waals surface area contributed by atoms with Crippen molar-refractivity contribution in [3.8, 4) is 0 Å². The zero-order valence-corrected chi connectivity index (χ0v) is 17.1. The average Bonchev–Trinajstić information content (AvgIpc) is 2.72. The van der Waals surface area contributed by atoms with Crippen molar-refractivity contribution in [3.63, 3.8) is 0 Å². The first kappa shape index (κ1) is 18.4. The normalized spacial score (nSPS) is 11.4. The minimum atomic E-state index is 0. The molecule has 0 spiro atoms. The molecular weight excluding hydrogens is 406 g/mol. The van der Waals surface area contributed by atoms with E-state index < -0.39 is 0 Å². The maximum Gasteiger partial charge on any atom is 0.169 e. The number of aromatic nitrogens is 1. The molecule has 0 bridgehead atoms. The van der Waals surface area contributed by atoms with E-state index in [4.69, 9.17) is 0 Å². The average molecular weight is 426 g/mol. The van der Waals surface area contributed by atoms with Gasteiger partial charge in [-0.3, -0.25) is 0 Å². The summed E-state index contributed by atoms with van der Waals surface area (Å²) in [6.07, 6.45) is 10.5. The van der Waals surface area contributed by atoms with Crippen LogP contribution in [0.2, 0.25) is 0 Å². The van der Waals surface area contributed by atoms with E-state index in [1.807, 2.05) is 6.08 Å². The number of benzene rings is 4. The molecule has 0 aliphatic rings. The minimum Gasteiger partial charge on any atom is -1.00 e. The second-order valence-electron chi connectivity index (χ2n) is 6.96. The van der Waals surface area contributed by atoms with Gasteiger partial charge in [0, 0.05) is 12.1 Å². The Morgan fingerprint density at radius 3 is 2.07 bits per heavy atom. The van der Waals surface area contributed by atoms with Crippen LogP contribution >= 0.6 is 0 Å². The Balaban J connectivity index is 0.00000192. The van der Waals surface area contributed by atoms with Gasteiger partial charge in [-0.1, -0.05) is 73.3 Å². The summed E-state index contributed by atoms with van der Waals surface area (Å²) in [5.74, 6) is 0. The second kappa shape index (κ2) is 7.57. The van der Waals surface area contributed by atoms with Crippen LogP contribution < -0.4 is 21.5 Å². The molecule has 0 aliphatic carbocycles. The van der Waals surface area contributed by atoms with Gasteiger partial charge >= 0.3 is 0 Å². The van der Waals surface area contributed by atoms with E-state index in [-0.39, 0.29) is 17.0 Å². The van der Waals surface area contributed by atoms with Gasteiger partial charge in [-0.15, -0.1) is 0 Å². The molecule has 0 radical (unpaired) electrons. The maximum atomic E-state index is 3.78. The maximum absolute atomic E-state index is 3.78. The largest absolute Gasteiger partial charge is 1.00 e. The van der Waals surface area contributed by atoms with Crippen LogP contribution in [0.1, 0.15) is 11.1 Å². The van der Waals surface area contributed by atoms with Crippen LogP contribution in [0.15, 0.2) is 91.8 Å². The van der Waals surface area contributed by atoms with E-state index in [0.29, 0.717) is 0 Å². The Bertz CT molecular complexity index is 1280. The molecular formula is C26H20BrN. The molecule has 0 amide bonds. The van der Waals surface area contributed by atoms with Crippen molar-refractivity contribution in [1.29, 1.82) is 0 Å². The van der Waals surface area contributed by atoms with Gasteiger partial charge in [0.05, 0.1) is 0 Å². The smallest absolute Gasteiger partial charge is 0.169 e. The molecule has 1 nitrogen and oxygen atoms in total. The fourth-order valence-corrected chi connectivity index (χ4v) is 3.94. The molecule has 0 unspecified atom stereocenters. The Labute approximate surface area is 175 Å². The number of nitrogens with zero attached hydrogens (tertiary/aromatic N) is 1. The summed E-state index contributed by atoms with van der Waals surface area (Å²) in [5.41, 5.74) is 2.45. The summed E-state index contributed by atoms with van der Waals surface area (Å²) in [7, 11) is 0. The summed E-state index contributed by atoms with van der Waals surface area (Å²) < 4.78 is 2.11. The number of halogens is 1. The van der Waals surface area contributed by atoms with E-state index in [0.717, 1.165) is 6.54 Å². The zero-order chi connectivity index (χ0) is 18.2. The lowest BCUT2D eigenvalue weighted by Gasteiger charge is -2.12. The molecule has 0 fully saturated rings. The molecule has 136 valence electrons. The molecule has 0 N–H and O–H groups in total. The van der Waals surface area contributed by atoms with Crippen molar-refractivity contribution in [2.75, 3.05) is 0 Å². The minimum absolute atomic E-state index is 0. The summed E-state index contributed by atoms with van der Waals surface area (Å²) >= 11 is 0. The highest BCUT2D eigenvalue weighted by atomic mass is 79.9. The van der Waals surface area contributed by atoms with Crippen molar-refractivity contribution < 1.29 is 21.5 Å². The van der Waals surface area contributed by atoms with Gasteiger partial charge in [0.1, 0.15) is 0 Å². The number of allylic oxidation sites excluding steroid dienone is 1. The first-order valence-electron chi connectivity index (χ1n) is 9.28. The first-order valence-corrected chi connectivity index (χ1v) is 9.28. The molecule has 2 heteroatoms. The lowest BCUT2D eigenvalue weighted by Crippen LogP contribution is -3.00. The van der Waals surface area contributed by atoms with Crippen molar-refractivity contribution in [1.82, 2.24) is 0 Å². The lowest BCUT2D eigenvalue weighted by molar-refractivity contribution is -0.687. The number of rotatable bonds is 4. The summed E-state index contributed by atoms with van der Waals surface area (Å²) in [6, 6.07) is 24.2. The Kier molecular flexibility index (Phi) is 4.97. The van der Waals surface area contributed by atoms with E-state index >= 15 is 0 Å². The molecule has 4 aromatic carbocycles. The van der Waals surface area contributed by atoms with Gasteiger partial charge < -0.3 is 17.0 Å². The molecule has 0 aliphatic heterocycles. The van der Waals surface area contributed by atoms with E-state index in [2.05, 4.69) is 102 Å². The first-order chi connectivity index (χ1) is 13.3. The van der Waals surface area contributed by atoms with Crippen LogP contribution in [-0.2, 0) is 6.54 Å². The van der Waals surface area contributed by atoms with Gasteiger partial charge in [-0.25, -0.2) is 4.57 Å². The number of pyridine rings is 1. The zero-order valence-electron chi connectivity index (χ0n) is 15.5. The van der Waals surface area contributed by atoms with Gasteiger partial charge in [0.15, 0.2) is 18.9 Å². The molecule has 28 heavy (non-hydrogen) atoms. The van der Waals surface area contributed by atoms with Crippen LogP contribution in [-0.4, -0.2) is 0 Å². The van der Waals surface area contributed by atoms with Gasteiger partial charge in [-0.05, 0) is 49.5 Å². The van der Waals surface area contributed by atoms with Crippen LogP contribution in [0.3, 0.4) is 0 Å². The van der Waals surface area contributed by atoms with Gasteiger partial charge in [-0.2, -0.15) is 0 Å². The Hall–Kier alpha value is -2.97. The van der Waals surface area contributed by atoms with Crippen molar-refractivity contribution in [2.24, 2.45) is 0 Å². The predicted molar refractivity (Wildman–Crippen MR) is 116 cm³/mol. The molecule has 1 heterocycles. The fraction of sp³-hybridized carbons (Fsp3) is 0.0385. The molecule has 5 rings (SSSR count). The SMILES string of the molecule is C=CC[n+]1ccc(/C=C/c2ccc3ccc4cccc5ccc2c3c45)cc1.[Br-]. The van der Waals surface area contributed by atoms with E-state index in [1.165, 1.54) is 43.4 Å². The Morgan fingerprint density at radius 2 is 1.36 bits per heavy atom. The fourth-order valence-electron chi connectivity index (χ4n) is 3.94. The van der Waals surface area contributed by atoms with E-state index in [9.17, 15) is 0 Å². The highest BCUT2D eigenvalue weighted by Gasteiger charge is 2.09. The highest BCUT2D eigenvalue weighted by molar-refractivity contribution is 6.24. The van der Waals surface area contributed by atoms with Crippen LogP contribution in [0.25, 0.3) is 44.5 Å². The summed E-state index contributed by atoms with van der Waals surface area (Å²) in [4.78, 5) is 0. The molecule has 0 atom stereocenters. The van der Waals surface area contributed by atoms with Crippen LogP contribution in [0, 0.1) is 0 Å². The molecule has 0 saturated carbocycles. The monoisotopic (exact) mass is 425 g/mol. The Morgan fingerprint density at radius 1 is 0.714 bits per heavy atom. The van der Waals surface area contributed by atoms with Crippen molar-refractivity contribution in [2.45, 2.75) is 6.54 Å². The third-order valence-corrected chi connectivity index (χ3v) is 5.27. The lowest BCUT2D eigenvalue weighted by atomic mass is 9.92. The van der Waals surface area contributed by atoms with E-state index in [1.54, 1.807) is 0 Å². The molecule has 5 aromatic rings. The van der Waals surface area contributed by atoms with Crippen LogP contribution in [0.5, 0.6) is 0 Å². The van der Waals surface area contributed by atoms with Gasteiger partial charge in [0.2, 0.25) is 0 Å². The highest BCUT2D eigenvalue weighted by Crippen LogP contribution is 2.36. The summed E-state index contributed by atoms with van der Waals surface area (Å²) in [5, 5.41) is 7.96. The topological polar surface area (TPSA) is 3.88 Å². The number of hydrogen-bond donors (Lipinski definition) is 0. The van der Waals surface area contributed by atoms with Crippen molar-refractivity contribution >= 4 is 44.5 Å². The quantitative estimate of drug-likeness (QED) is 0.236.